The highest BCUT2D eigenvalue weighted by molar-refractivity contribution is 7.99. The second-order valence-corrected chi connectivity index (χ2v) is 4.90. The summed E-state index contributed by atoms with van der Waals surface area (Å²) in [5, 5.41) is 3.47. The highest BCUT2D eigenvalue weighted by Crippen LogP contribution is 2.20. The Balaban J connectivity index is 2.38. The van der Waals surface area contributed by atoms with E-state index in [1.807, 2.05) is 12.1 Å². The van der Waals surface area contributed by atoms with Crippen molar-refractivity contribution in [3.8, 4) is 0 Å². The van der Waals surface area contributed by atoms with Crippen LogP contribution in [0.5, 0.6) is 0 Å². The Labute approximate surface area is 102 Å². The van der Waals surface area contributed by atoms with Crippen molar-refractivity contribution in [3.63, 3.8) is 0 Å². The van der Waals surface area contributed by atoms with Gasteiger partial charge in [0.25, 0.3) is 0 Å². The molecule has 0 amide bonds. The molecule has 1 atom stereocenters. The molecule has 0 aliphatic heterocycles. The van der Waals surface area contributed by atoms with Gasteiger partial charge in [0, 0.05) is 16.7 Å². The third-order valence-corrected chi connectivity index (χ3v) is 3.57. The average molecular weight is 241 g/mol. The average Bonchev–Trinajstić information content (AvgIpc) is 2.29. The van der Waals surface area contributed by atoms with Crippen LogP contribution in [0.3, 0.4) is 0 Å². The summed E-state index contributed by atoms with van der Waals surface area (Å²) in [6.07, 6.45) is 2.39. The first kappa shape index (κ1) is 13.5. The Bertz CT molecular complexity index is 280. The van der Waals surface area contributed by atoms with E-state index in [2.05, 4.69) is 19.2 Å². The summed E-state index contributed by atoms with van der Waals surface area (Å²) in [6, 6.07) is 7.28. The first-order valence-electron chi connectivity index (χ1n) is 5.88. The summed E-state index contributed by atoms with van der Waals surface area (Å²) in [6.45, 7) is 5.34. The van der Waals surface area contributed by atoms with Crippen LogP contribution < -0.4 is 5.32 Å². The molecule has 1 N–H and O–H groups in total. The molecule has 0 saturated carbocycles. The standard InChI is InChI=1S/C13H20FNS/c1-3-5-12(15-4-2)10-16-13-8-6-11(14)7-9-13/h6-9,12,15H,3-5,10H2,1-2H3. The van der Waals surface area contributed by atoms with Crippen LogP contribution >= 0.6 is 11.8 Å². The molecule has 1 rings (SSSR count). The van der Waals surface area contributed by atoms with E-state index in [0.29, 0.717) is 6.04 Å². The molecule has 0 heterocycles. The van der Waals surface area contributed by atoms with Crippen molar-refractivity contribution in [2.24, 2.45) is 0 Å². The Hall–Kier alpha value is -0.540. The molecule has 1 nitrogen and oxygen atoms in total. The number of nitrogens with one attached hydrogen (secondary N) is 1. The van der Waals surface area contributed by atoms with Crippen molar-refractivity contribution < 1.29 is 4.39 Å². The first-order valence-corrected chi connectivity index (χ1v) is 6.86. The fourth-order valence-electron chi connectivity index (χ4n) is 1.61. The van der Waals surface area contributed by atoms with E-state index in [1.54, 1.807) is 11.8 Å². The maximum atomic E-state index is 12.7. The SMILES string of the molecule is CCCC(CSc1ccc(F)cc1)NCC. The molecule has 90 valence electrons. The highest BCUT2D eigenvalue weighted by atomic mass is 32.2. The van der Waals surface area contributed by atoms with Gasteiger partial charge in [-0.15, -0.1) is 11.8 Å². The smallest absolute Gasteiger partial charge is 0.123 e. The van der Waals surface area contributed by atoms with Gasteiger partial charge < -0.3 is 5.32 Å². The third-order valence-electron chi connectivity index (χ3n) is 2.39. The minimum absolute atomic E-state index is 0.166. The molecule has 0 radical (unpaired) electrons. The number of rotatable bonds is 7. The van der Waals surface area contributed by atoms with Crippen LogP contribution in [0.2, 0.25) is 0 Å². The normalized spacial score (nSPS) is 12.7. The topological polar surface area (TPSA) is 12.0 Å². The molecule has 3 heteroatoms. The van der Waals surface area contributed by atoms with Crippen molar-refractivity contribution in [1.29, 1.82) is 0 Å². The molecule has 16 heavy (non-hydrogen) atoms. The summed E-state index contributed by atoms with van der Waals surface area (Å²) < 4.78 is 12.7. The van der Waals surface area contributed by atoms with Crippen LogP contribution in [0.25, 0.3) is 0 Å². The molecule has 0 aliphatic rings. The van der Waals surface area contributed by atoms with Crippen molar-refractivity contribution >= 4 is 11.8 Å². The van der Waals surface area contributed by atoms with Crippen LogP contribution in [0.15, 0.2) is 29.2 Å². The van der Waals surface area contributed by atoms with Crippen LogP contribution in [0, 0.1) is 5.82 Å². The van der Waals surface area contributed by atoms with Gasteiger partial charge in [0.05, 0.1) is 0 Å². The molecule has 0 aliphatic carbocycles. The lowest BCUT2D eigenvalue weighted by atomic mass is 10.2. The zero-order valence-corrected chi connectivity index (χ0v) is 10.8. The van der Waals surface area contributed by atoms with E-state index in [9.17, 15) is 4.39 Å². The van der Waals surface area contributed by atoms with E-state index in [1.165, 1.54) is 25.0 Å². The van der Waals surface area contributed by atoms with Gasteiger partial charge >= 0.3 is 0 Å². The predicted octanol–water partition coefficient (Wildman–Crippen LogP) is 3.70. The number of benzene rings is 1. The second-order valence-electron chi connectivity index (χ2n) is 3.81. The lowest BCUT2D eigenvalue weighted by Gasteiger charge is -2.16. The fraction of sp³-hybridized carbons (Fsp3) is 0.538. The summed E-state index contributed by atoms with van der Waals surface area (Å²) in [4.78, 5) is 1.14. The fourth-order valence-corrected chi connectivity index (χ4v) is 2.62. The van der Waals surface area contributed by atoms with Crippen molar-refractivity contribution in [2.75, 3.05) is 12.3 Å². The Morgan fingerprint density at radius 3 is 2.50 bits per heavy atom. The molecule has 0 aromatic heterocycles. The summed E-state index contributed by atoms with van der Waals surface area (Å²) in [5.41, 5.74) is 0. The van der Waals surface area contributed by atoms with Gasteiger partial charge in [-0.05, 0) is 37.2 Å². The third kappa shape index (κ3) is 4.99. The first-order chi connectivity index (χ1) is 7.76. The van der Waals surface area contributed by atoms with Crippen molar-refractivity contribution in [3.05, 3.63) is 30.1 Å². The molecule has 1 unspecified atom stereocenters. The van der Waals surface area contributed by atoms with Crippen LogP contribution in [-0.4, -0.2) is 18.3 Å². The van der Waals surface area contributed by atoms with Crippen LogP contribution in [0.4, 0.5) is 4.39 Å². The molecular weight excluding hydrogens is 221 g/mol. The quantitative estimate of drug-likeness (QED) is 0.731. The predicted molar refractivity (Wildman–Crippen MR) is 69.5 cm³/mol. The Morgan fingerprint density at radius 1 is 1.25 bits per heavy atom. The summed E-state index contributed by atoms with van der Waals surface area (Å²) >= 11 is 1.79. The number of hydrogen-bond donors (Lipinski definition) is 1. The van der Waals surface area contributed by atoms with Gasteiger partial charge in [0.15, 0.2) is 0 Å². The zero-order valence-electron chi connectivity index (χ0n) is 10.0. The molecule has 1 aromatic carbocycles. The molecular formula is C13H20FNS. The highest BCUT2D eigenvalue weighted by Gasteiger charge is 2.06. The van der Waals surface area contributed by atoms with E-state index in [0.717, 1.165) is 17.2 Å². The van der Waals surface area contributed by atoms with E-state index in [-0.39, 0.29) is 5.82 Å². The number of thioether (sulfide) groups is 1. The monoisotopic (exact) mass is 241 g/mol. The number of hydrogen-bond acceptors (Lipinski definition) is 2. The minimum Gasteiger partial charge on any atom is -0.313 e. The van der Waals surface area contributed by atoms with Gasteiger partial charge in [-0.25, -0.2) is 4.39 Å². The van der Waals surface area contributed by atoms with E-state index in [4.69, 9.17) is 0 Å². The van der Waals surface area contributed by atoms with Crippen molar-refractivity contribution in [2.45, 2.75) is 37.6 Å². The molecule has 1 aromatic rings. The number of halogens is 1. The maximum Gasteiger partial charge on any atom is 0.123 e. The second kappa shape index (κ2) is 7.69. The molecule has 0 bridgehead atoms. The zero-order chi connectivity index (χ0) is 11.8. The summed E-state index contributed by atoms with van der Waals surface area (Å²) in [5.74, 6) is 0.883. The van der Waals surface area contributed by atoms with E-state index < -0.39 is 0 Å². The lowest BCUT2D eigenvalue weighted by Crippen LogP contribution is -2.30. The van der Waals surface area contributed by atoms with Gasteiger partial charge in [0.1, 0.15) is 5.82 Å². The van der Waals surface area contributed by atoms with Crippen molar-refractivity contribution in [1.82, 2.24) is 5.32 Å². The molecule has 0 fully saturated rings. The van der Waals surface area contributed by atoms with Crippen LogP contribution in [0.1, 0.15) is 26.7 Å². The Kier molecular flexibility index (Phi) is 6.50. The van der Waals surface area contributed by atoms with Gasteiger partial charge in [-0.3, -0.25) is 0 Å². The van der Waals surface area contributed by atoms with Gasteiger partial charge in [-0.1, -0.05) is 20.3 Å². The minimum atomic E-state index is -0.166. The molecule has 0 saturated heterocycles. The maximum absolute atomic E-state index is 12.7. The van der Waals surface area contributed by atoms with Gasteiger partial charge in [-0.2, -0.15) is 0 Å². The summed E-state index contributed by atoms with van der Waals surface area (Å²) in [7, 11) is 0. The largest absolute Gasteiger partial charge is 0.313 e. The van der Waals surface area contributed by atoms with Crippen LogP contribution in [-0.2, 0) is 0 Å². The van der Waals surface area contributed by atoms with E-state index >= 15 is 0 Å². The Morgan fingerprint density at radius 2 is 1.94 bits per heavy atom. The van der Waals surface area contributed by atoms with Gasteiger partial charge in [0.2, 0.25) is 0 Å². The lowest BCUT2D eigenvalue weighted by molar-refractivity contribution is 0.531. The molecule has 0 spiro atoms.